The van der Waals surface area contributed by atoms with Gasteiger partial charge >= 0.3 is 0 Å². The molecule has 0 saturated carbocycles. The number of furan rings is 1. The molecule has 12 aromatic rings. The van der Waals surface area contributed by atoms with Crippen molar-refractivity contribution in [1.29, 1.82) is 0 Å². The number of hydrogen-bond donors (Lipinski definition) is 0. The number of fused-ring (bicyclic) bond motifs is 9. The molecule has 0 saturated heterocycles. The summed E-state index contributed by atoms with van der Waals surface area (Å²) in [5.41, 5.74) is 10.1. The first-order chi connectivity index (χ1) is 28.2. The van der Waals surface area contributed by atoms with Gasteiger partial charge in [-0.3, -0.25) is 0 Å². The van der Waals surface area contributed by atoms with Crippen LogP contribution in [-0.4, -0.2) is 19.5 Å². The van der Waals surface area contributed by atoms with Crippen LogP contribution in [0.25, 0.3) is 115 Å². The lowest BCUT2D eigenvalue weighted by atomic mass is 10.0. The number of aromatic nitrogens is 4. The molecule has 4 heterocycles. The number of rotatable bonds is 5. The number of thiophene rings is 1. The molecule has 6 heteroatoms. The predicted molar refractivity (Wildman–Crippen MR) is 236 cm³/mol. The van der Waals surface area contributed by atoms with E-state index in [2.05, 4.69) is 156 Å². The fourth-order valence-electron chi connectivity index (χ4n) is 8.46. The molecule has 0 bridgehead atoms. The van der Waals surface area contributed by atoms with Crippen molar-refractivity contribution in [2.24, 2.45) is 0 Å². The Bertz CT molecular complexity index is 3530. The smallest absolute Gasteiger partial charge is 0.165 e. The molecule has 0 amide bonds. The van der Waals surface area contributed by atoms with E-state index in [0.717, 1.165) is 60.0 Å². The SMILES string of the molecule is c1ccc(-c2ccc3c4ccccc4n(-c4ccc5oc6cccc(-c7nc(-c8ccccc8)nc(-c8cccc9c8sc8ccccc89)n7)c6c5c4)c3c2)cc1. The van der Waals surface area contributed by atoms with Crippen molar-refractivity contribution in [3.63, 3.8) is 0 Å². The minimum Gasteiger partial charge on any atom is -0.456 e. The number of nitrogens with zero attached hydrogens (tertiary/aromatic N) is 4. The second-order valence-electron chi connectivity index (χ2n) is 14.4. The van der Waals surface area contributed by atoms with E-state index in [9.17, 15) is 0 Å². The molecule has 4 aromatic heterocycles. The number of hydrogen-bond acceptors (Lipinski definition) is 5. The minimum absolute atomic E-state index is 0.597. The Kier molecular flexibility index (Phi) is 7.03. The summed E-state index contributed by atoms with van der Waals surface area (Å²) >= 11 is 1.78. The van der Waals surface area contributed by atoms with Gasteiger partial charge < -0.3 is 8.98 Å². The van der Waals surface area contributed by atoms with Crippen molar-refractivity contribution in [3.8, 4) is 51.0 Å². The van der Waals surface area contributed by atoms with Crippen molar-refractivity contribution in [2.75, 3.05) is 0 Å². The van der Waals surface area contributed by atoms with Crippen molar-refractivity contribution in [1.82, 2.24) is 19.5 Å². The van der Waals surface area contributed by atoms with Gasteiger partial charge in [0.15, 0.2) is 17.5 Å². The van der Waals surface area contributed by atoms with Crippen LogP contribution in [0.15, 0.2) is 186 Å². The number of para-hydroxylation sites is 1. The maximum absolute atomic E-state index is 6.58. The van der Waals surface area contributed by atoms with Gasteiger partial charge in [-0.1, -0.05) is 133 Å². The highest BCUT2D eigenvalue weighted by Crippen LogP contribution is 2.42. The van der Waals surface area contributed by atoms with Crippen LogP contribution in [0.1, 0.15) is 0 Å². The maximum atomic E-state index is 6.58. The topological polar surface area (TPSA) is 56.7 Å². The molecule has 57 heavy (non-hydrogen) atoms. The van der Waals surface area contributed by atoms with Crippen molar-refractivity contribution in [3.05, 3.63) is 182 Å². The van der Waals surface area contributed by atoms with Crippen molar-refractivity contribution < 1.29 is 4.42 Å². The third-order valence-corrected chi connectivity index (χ3v) is 12.3. The standard InChI is InChI=1S/C51H30N4OS/c1-3-13-31(14-4-1)33-25-27-36-35-17-7-9-22-42(35)55(43(36)29-33)34-26-28-44-41(30-34)47-39(20-12-23-45(47)56-44)50-52-49(32-15-5-2-6-16-32)53-51(54-50)40-21-11-19-38-37-18-8-10-24-46(37)57-48(38)40/h1-30H. The maximum Gasteiger partial charge on any atom is 0.165 e. The Morgan fingerprint density at radius 1 is 0.404 bits per heavy atom. The highest BCUT2D eigenvalue weighted by Gasteiger charge is 2.21. The third-order valence-electron chi connectivity index (χ3n) is 11.1. The summed E-state index contributed by atoms with van der Waals surface area (Å²) in [5.74, 6) is 1.86. The molecule has 0 spiro atoms. The summed E-state index contributed by atoms with van der Waals surface area (Å²) in [6.45, 7) is 0. The summed E-state index contributed by atoms with van der Waals surface area (Å²) in [5, 5.41) is 6.83. The molecule has 0 N–H and O–H groups in total. The van der Waals surface area contributed by atoms with Gasteiger partial charge in [0, 0.05) is 64.1 Å². The van der Waals surface area contributed by atoms with Crippen LogP contribution in [0.4, 0.5) is 0 Å². The molecule has 0 aliphatic rings. The van der Waals surface area contributed by atoms with Gasteiger partial charge in [-0.25, -0.2) is 15.0 Å². The Morgan fingerprint density at radius 2 is 1.07 bits per heavy atom. The Balaban J connectivity index is 1.10. The van der Waals surface area contributed by atoms with Crippen LogP contribution in [-0.2, 0) is 0 Å². The van der Waals surface area contributed by atoms with E-state index in [-0.39, 0.29) is 0 Å². The van der Waals surface area contributed by atoms with E-state index in [1.165, 1.54) is 37.4 Å². The van der Waals surface area contributed by atoms with Gasteiger partial charge in [-0.05, 0) is 59.7 Å². The lowest BCUT2D eigenvalue weighted by molar-refractivity contribution is 0.669. The van der Waals surface area contributed by atoms with Gasteiger partial charge in [0.05, 0.1) is 11.0 Å². The molecule has 8 aromatic carbocycles. The van der Waals surface area contributed by atoms with E-state index >= 15 is 0 Å². The zero-order valence-electron chi connectivity index (χ0n) is 30.4. The molecule has 0 radical (unpaired) electrons. The zero-order chi connectivity index (χ0) is 37.5. The molecule has 0 unspecified atom stereocenters. The van der Waals surface area contributed by atoms with E-state index in [1.54, 1.807) is 11.3 Å². The Labute approximate surface area is 330 Å². The zero-order valence-corrected chi connectivity index (χ0v) is 31.2. The molecule has 5 nitrogen and oxygen atoms in total. The molecule has 0 fully saturated rings. The highest BCUT2D eigenvalue weighted by atomic mass is 32.1. The summed E-state index contributed by atoms with van der Waals surface area (Å²) in [6.07, 6.45) is 0. The van der Waals surface area contributed by atoms with E-state index in [4.69, 9.17) is 19.4 Å². The quantitative estimate of drug-likeness (QED) is 0.176. The van der Waals surface area contributed by atoms with Gasteiger partial charge in [0.2, 0.25) is 0 Å². The normalized spacial score (nSPS) is 11.9. The lowest BCUT2D eigenvalue weighted by Gasteiger charge is -2.11. The third kappa shape index (κ3) is 5.04. The molecule has 0 aliphatic heterocycles. The highest BCUT2D eigenvalue weighted by molar-refractivity contribution is 7.26. The fraction of sp³-hybridized carbons (Fsp3) is 0. The van der Waals surface area contributed by atoms with Crippen LogP contribution in [0.5, 0.6) is 0 Å². The summed E-state index contributed by atoms with van der Waals surface area (Å²) in [4.78, 5) is 15.6. The molecule has 266 valence electrons. The first kappa shape index (κ1) is 31.9. The van der Waals surface area contributed by atoms with E-state index < -0.39 is 0 Å². The first-order valence-electron chi connectivity index (χ1n) is 19.0. The fourth-order valence-corrected chi connectivity index (χ4v) is 9.67. The van der Waals surface area contributed by atoms with Crippen LogP contribution >= 0.6 is 11.3 Å². The molecular weight excluding hydrogens is 717 g/mol. The first-order valence-corrected chi connectivity index (χ1v) is 19.8. The average Bonchev–Trinajstić information content (AvgIpc) is 3.96. The van der Waals surface area contributed by atoms with Crippen LogP contribution in [0.3, 0.4) is 0 Å². The predicted octanol–water partition coefficient (Wildman–Crippen LogP) is 13.9. The van der Waals surface area contributed by atoms with E-state index in [0.29, 0.717) is 17.5 Å². The second-order valence-corrected chi connectivity index (χ2v) is 15.4. The summed E-state index contributed by atoms with van der Waals surface area (Å²) < 4.78 is 11.4. The number of benzene rings is 8. The van der Waals surface area contributed by atoms with Crippen LogP contribution in [0, 0.1) is 0 Å². The second kappa shape index (κ2) is 12.6. The average molecular weight is 747 g/mol. The molecule has 0 aliphatic carbocycles. The Hall–Kier alpha value is -7.41. The van der Waals surface area contributed by atoms with Crippen LogP contribution < -0.4 is 0 Å². The lowest BCUT2D eigenvalue weighted by Crippen LogP contribution is -2.00. The van der Waals surface area contributed by atoms with Gasteiger partial charge in [-0.15, -0.1) is 11.3 Å². The summed E-state index contributed by atoms with van der Waals surface area (Å²) in [7, 11) is 0. The van der Waals surface area contributed by atoms with Gasteiger partial charge in [0.25, 0.3) is 0 Å². The molecule has 0 atom stereocenters. The van der Waals surface area contributed by atoms with Gasteiger partial charge in [-0.2, -0.15) is 0 Å². The summed E-state index contributed by atoms with van der Waals surface area (Å²) in [6, 6.07) is 63.8. The van der Waals surface area contributed by atoms with Crippen molar-refractivity contribution >= 4 is 75.3 Å². The largest absolute Gasteiger partial charge is 0.456 e. The monoisotopic (exact) mass is 746 g/mol. The van der Waals surface area contributed by atoms with Crippen LogP contribution in [0.2, 0.25) is 0 Å². The molecular formula is C51H30N4OS. The minimum atomic E-state index is 0.597. The Morgan fingerprint density at radius 3 is 1.93 bits per heavy atom. The molecule has 12 rings (SSSR count). The van der Waals surface area contributed by atoms with Crippen molar-refractivity contribution in [2.45, 2.75) is 0 Å². The van der Waals surface area contributed by atoms with E-state index in [1.807, 2.05) is 30.3 Å². The van der Waals surface area contributed by atoms with Gasteiger partial charge in [0.1, 0.15) is 11.2 Å².